The van der Waals surface area contributed by atoms with Crippen LogP contribution in [0.5, 0.6) is 17.4 Å². The smallest absolute Gasteiger partial charge is 0.462 e. The van der Waals surface area contributed by atoms with Crippen LogP contribution in [0.1, 0.15) is 17.3 Å². The zero-order valence-corrected chi connectivity index (χ0v) is 12.0. The van der Waals surface area contributed by atoms with Gasteiger partial charge < -0.3 is 14.2 Å². The molecule has 0 aliphatic heterocycles. The first-order chi connectivity index (χ1) is 10.9. The number of hydrogen-bond acceptors (Lipinski definition) is 5. The summed E-state index contributed by atoms with van der Waals surface area (Å²) in [5, 5.41) is 0. The van der Waals surface area contributed by atoms with Crippen molar-refractivity contribution in [2.45, 2.75) is 13.3 Å². The Morgan fingerprint density at radius 3 is 2.26 bits per heavy atom. The fraction of sp³-hybridized carbons (Fsp3) is 0.200. The van der Waals surface area contributed by atoms with Crippen LogP contribution in [0.4, 0.5) is 13.2 Å². The molecule has 0 amide bonds. The number of alkyl halides is 3. The molecular formula is C15H12F3NO4. The van der Waals surface area contributed by atoms with Gasteiger partial charge in [0.2, 0.25) is 5.88 Å². The summed E-state index contributed by atoms with van der Waals surface area (Å²) in [6.45, 7) is 1.94. The van der Waals surface area contributed by atoms with Crippen molar-refractivity contribution in [2.75, 3.05) is 6.61 Å². The second-order valence-corrected chi connectivity index (χ2v) is 4.23. The summed E-state index contributed by atoms with van der Waals surface area (Å²) < 4.78 is 50.1. The number of rotatable bonds is 5. The lowest BCUT2D eigenvalue weighted by molar-refractivity contribution is -0.274. The summed E-state index contributed by atoms with van der Waals surface area (Å²) in [7, 11) is 0. The van der Waals surface area contributed by atoms with Crippen LogP contribution < -0.4 is 9.47 Å². The van der Waals surface area contributed by atoms with Crippen molar-refractivity contribution in [1.82, 2.24) is 4.98 Å². The Morgan fingerprint density at radius 1 is 1.09 bits per heavy atom. The fourth-order valence-corrected chi connectivity index (χ4v) is 1.61. The van der Waals surface area contributed by atoms with Gasteiger partial charge in [0.25, 0.3) is 0 Å². The second kappa shape index (κ2) is 6.99. The normalized spacial score (nSPS) is 11.0. The predicted octanol–water partition coefficient (Wildman–Crippen LogP) is 3.95. The van der Waals surface area contributed by atoms with Gasteiger partial charge in [-0.05, 0) is 37.3 Å². The zero-order valence-electron chi connectivity index (χ0n) is 12.0. The number of benzene rings is 1. The van der Waals surface area contributed by atoms with Crippen LogP contribution in [0.15, 0.2) is 42.6 Å². The molecule has 0 saturated heterocycles. The van der Waals surface area contributed by atoms with Gasteiger partial charge in [-0.1, -0.05) is 0 Å². The monoisotopic (exact) mass is 327 g/mol. The van der Waals surface area contributed by atoms with E-state index < -0.39 is 12.3 Å². The Morgan fingerprint density at radius 2 is 1.74 bits per heavy atom. The number of halogens is 3. The molecule has 0 atom stereocenters. The summed E-state index contributed by atoms with van der Waals surface area (Å²) >= 11 is 0. The molecule has 2 aromatic rings. The number of carbonyl (C=O) groups is 1. The third-order valence-corrected chi connectivity index (χ3v) is 2.53. The summed E-state index contributed by atoms with van der Waals surface area (Å²) in [5.41, 5.74) is 0.271. The number of pyridine rings is 1. The van der Waals surface area contributed by atoms with Crippen LogP contribution in [0.2, 0.25) is 0 Å². The Labute approximate surface area is 129 Å². The van der Waals surface area contributed by atoms with Crippen LogP contribution in [0, 0.1) is 0 Å². The highest BCUT2D eigenvalue weighted by atomic mass is 19.4. The molecule has 8 heteroatoms. The van der Waals surface area contributed by atoms with Gasteiger partial charge in [0.15, 0.2) is 0 Å². The van der Waals surface area contributed by atoms with Crippen molar-refractivity contribution in [2.24, 2.45) is 0 Å². The van der Waals surface area contributed by atoms with Crippen molar-refractivity contribution in [1.29, 1.82) is 0 Å². The Bertz CT molecular complexity index is 654. The minimum absolute atomic E-state index is 0.183. The van der Waals surface area contributed by atoms with E-state index in [1.165, 1.54) is 30.5 Å². The molecule has 0 radical (unpaired) electrons. The first kappa shape index (κ1) is 16.6. The fourth-order valence-electron chi connectivity index (χ4n) is 1.61. The summed E-state index contributed by atoms with van der Waals surface area (Å²) in [4.78, 5) is 15.4. The predicted molar refractivity (Wildman–Crippen MR) is 73.4 cm³/mol. The summed E-state index contributed by atoms with van der Waals surface area (Å²) in [6.07, 6.45) is -3.46. The third-order valence-electron chi connectivity index (χ3n) is 2.53. The van der Waals surface area contributed by atoms with Crippen LogP contribution in [0.3, 0.4) is 0 Å². The molecule has 0 saturated carbocycles. The minimum atomic E-state index is -4.74. The average molecular weight is 327 g/mol. The molecule has 1 heterocycles. The third kappa shape index (κ3) is 5.17. The lowest BCUT2D eigenvalue weighted by Gasteiger charge is -2.09. The first-order valence-electron chi connectivity index (χ1n) is 6.54. The molecule has 5 nitrogen and oxygen atoms in total. The largest absolute Gasteiger partial charge is 0.573 e. The van der Waals surface area contributed by atoms with E-state index in [-0.39, 0.29) is 29.5 Å². The lowest BCUT2D eigenvalue weighted by atomic mass is 10.3. The second-order valence-electron chi connectivity index (χ2n) is 4.23. The molecule has 1 aromatic carbocycles. The van der Waals surface area contributed by atoms with Crippen molar-refractivity contribution >= 4 is 5.97 Å². The highest BCUT2D eigenvalue weighted by Crippen LogP contribution is 2.26. The van der Waals surface area contributed by atoms with Gasteiger partial charge >= 0.3 is 12.3 Å². The van der Waals surface area contributed by atoms with Crippen LogP contribution in [-0.4, -0.2) is 23.9 Å². The molecule has 1 aromatic heterocycles. The van der Waals surface area contributed by atoms with Crippen LogP contribution >= 0.6 is 0 Å². The van der Waals surface area contributed by atoms with E-state index in [1.54, 1.807) is 6.92 Å². The van der Waals surface area contributed by atoms with E-state index >= 15 is 0 Å². The van der Waals surface area contributed by atoms with E-state index in [4.69, 9.17) is 9.47 Å². The highest BCUT2D eigenvalue weighted by molar-refractivity contribution is 5.89. The van der Waals surface area contributed by atoms with Gasteiger partial charge in [0.1, 0.15) is 11.5 Å². The maximum atomic E-state index is 12.0. The van der Waals surface area contributed by atoms with Gasteiger partial charge in [-0.25, -0.2) is 9.78 Å². The quantitative estimate of drug-likeness (QED) is 0.778. The Balaban J connectivity index is 2.00. The summed E-state index contributed by atoms with van der Waals surface area (Å²) in [6, 6.07) is 7.78. The number of esters is 1. The summed E-state index contributed by atoms with van der Waals surface area (Å²) in [5.74, 6) is -0.394. The van der Waals surface area contributed by atoms with Gasteiger partial charge in [-0.2, -0.15) is 0 Å². The van der Waals surface area contributed by atoms with Crippen molar-refractivity contribution < 1.29 is 32.2 Å². The van der Waals surface area contributed by atoms with E-state index in [2.05, 4.69) is 9.72 Å². The van der Waals surface area contributed by atoms with E-state index in [0.717, 1.165) is 12.1 Å². The van der Waals surface area contributed by atoms with Gasteiger partial charge in [-0.3, -0.25) is 0 Å². The van der Waals surface area contributed by atoms with E-state index in [1.807, 2.05) is 0 Å². The maximum absolute atomic E-state index is 12.0. The zero-order chi connectivity index (χ0) is 16.9. The number of aromatic nitrogens is 1. The lowest BCUT2D eigenvalue weighted by Crippen LogP contribution is -2.16. The molecule has 122 valence electrons. The number of nitrogens with zero attached hydrogens (tertiary/aromatic N) is 1. The average Bonchev–Trinajstić information content (AvgIpc) is 2.49. The van der Waals surface area contributed by atoms with E-state index in [0.29, 0.717) is 0 Å². The van der Waals surface area contributed by atoms with Crippen LogP contribution in [-0.2, 0) is 4.74 Å². The van der Waals surface area contributed by atoms with Crippen LogP contribution in [0.25, 0.3) is 0 Å². The molecule has 0 unspecified atom stereocenters. The first-order valence-corrected chi connectivity index (χ1v) is 6.54. The maximum Gasteiger partial charge on any atom is 0.573 e. The van der Waals surface area contributed by atoms with Crippen molar-refractivity contribution in [3.05, 3.63) is 48.2 Å². The highest BCUT2D eigenvalue weighted by Gasteiger charge is 2.30. The standard InChI is InChI=1S/C15H12F3NO4/c1-2-21-14(20)10-3-8-13(19-9-10)22-11-4-6-12(7-5-11)23-15(16,17)18/h3-9H,2H2,1H3. The Kier molecular flexibility index (Phi) is 5.05. The molecule has 0 fully saturated rings. The molecule has 2 rings (SSSR count). The molecule has 23 heavy (non-hydrogen) atoms. The van der Waals surface area contributed by atoms with Crippen molar-refractivity contribution in [3.8, 4) is 17.4 Å². The van der Waals surface area contributed by atoms with Gasteiger partial charge in [0.05, 0.1) is 12.2 Å². The molecule has 0 bridgehead atoms. The number of ether oxygens (including phenoxy) is 3. The molecule has 0 N–H and O–H groups in total. The minimum Gasteiger partial charge on any atom is -0.462 e. The molecule has 0 aliphatic rings. The molecular weight excluding hydrogens is 315 g/mol. The number of carbonyl (C=O) groups excluding carboxylic acids is 1. The topological polar surface area (TPSA) is 57.7 Å². The SMILES string of the molecule is CCOC(=O)c1ccc(Oc2ccc(OC(F)(F)F)cc2)nc1. The number of hydrogen-bond donors (Lipinski definition) is 0. The van der Waals surface area contributed by atoms with E-state index in [9.17, 15) is 18.0 Å². The van der Waals surface area contributed by atoms with Gasteiger partial charge in [-0.15, -0.1) is 13.2 Å². The van der Waals surface area contributed by atoms with Gasteiger partial charge in [0, 0.05) is 12.3 Å². The Hall–Kier alpha value is -2.77. The molecule has 0 spiro atoms. The molecule has 0 aliphatic carbocycles. The van der Waals surface area contributed by atoms with Crippen molar-refractivity contribution in [3.63, 3.8) is 0 Å².